The third-order valence-electron chi connectivity index (χ3n) is 3.10. The molecule has 0 radical (unpaired) electrons. The zero-order valence-electron chi connectivity index (χ0n) is 11.6. The van der Waals surface area contributed by atoms with E-state index in [1.165, 1.54) is 0 Å². The number of pyridine rings is 1. The normalized spacial score (nSPS) is 12.0. The third kappa shape index (κ3) is 3.22. The molecular formula is C15H17BrN2O2. The highest BCUT2D eigenvalue weighted by molar-refractivity contribution is 9.10. The van der Waals surface area contributed by atoms with Crippen LogP contribution in [0.4, 0.5) is 5.69 Å². The number of aromatic nitrogens is 1. The maximum Gasteiger partial charge on any atom is 0.121 e. The van der Waals surface area contributed by atoms with Crippen molar-refractivity contribution in [3.63, 3.8) is 0 Å². The lowest BCUT2D eigenvalue weighted by Gasteiger charge is -2.18. The number of rotatable bonds is 4. The number of aromatic hydroxyl groups is 1. The maximum atomic E-state index is 9.96. The minimum absolute atomic E-state index is 0.0625. The molecule has 0 saturated carbocycles. The van der Waals surface area contributed by atoms with Crippen LogP contribution >= 0.6 is 15.9 Å². The lowest BCUT2D eigenvalue weighted by molar-refractivity contribution is 0.410. The van der Waals surface area contributed by atoms with E-state index in [9.17, 15) is 5.11 Å². The number of hydrogen-bond donors (Lipinski definition) is 2. The van der Waals surface area contributed by atoms with E-state index in [0.29, 0.717) is 0 Å². The number of methoxy groups -OCH3 is 1. The van der Waals surface area contributed by atoms with Gasteiger partial charge in [-0.15, -0.1) is 0 Å². The van der Waals surface area contributed by atoms with E-state index in [4.69, 9.17) is 4.74 Å². The highest BCUT2D eigenvalue weighted by Crippen LogP contribution is 2.30. The number of nitrogens with zero attached hydrogens (tertiary/aromatic N) is 1. The van der Waals surface area contributed by atoms with Crippen molar-refractivity contribution in [2.75, 3.05) is 12.4 Å². The number of halogens is 1. The molecule has 0 aliphatic heterocycles. The zero-order valence-corrected chi connectivity index (χ0v) is 13.2. The van der Waals surface area contributed by atoms with Gasteiger partial charge in [-0.2, -0.15) is 0 Å². The monoisotopic (exact) mass is 336 g/mol. The number of nitrogens with one attached hydrogen (secondary N) is 1. The molecule has 0 saturated heterocycles. The number of phenols is 1. The van der Waals surface area contributed by atoms with Crippen molar-refractivity contribution in [1.29, 1.82) is 0 Å². The highest BCUT2D eigenvalue weighted by atomic mass is 79.9. The first-order valence-electron chi connectivity index (χ1n) is 6.27. The van der Waals surface area contributed by atoms with Crippen LogP contribution in [0.5, 0.6) is 11.5 Å². The number of benzene rings is 1. The molecule has 106 valence electrons. The van der Waals surface area contributed by atoms with Crippen LogP contribution in [0.25, 0.3) is 0 Å². The first-order valence-corrected chi connectivity index (χ1v) is 7.06. The van der Waals surface area contributed by atoms with Gasteiger partial charge >= 0.3 is 0 Å². The first-order chi connectivity index (χ1) is 9.51. The van der Waals surface area contributed by atoms with E-state index in [-0.39, 0.29) is 11.8 Å². The predicted molar refractivity (Wildman–Crippen MR) is 83.4 cm³/mol. The summed E-state index contributed by atoms with van der Waals surface area (Å²) in [5.74, 6) is 0.962. The molecular weight excluding hydrogens is 320 g/mol. The van der Waals surface area contributed by atoms with Crippen LogP contribution in [0, 0.1) is 6.92 Å². The molecule has 20 heavy (non-hydrogen) atoms. The molecule has 1 atom stereocenters. The zero-order chi connectivity index (χ0) is 14.7. The summed E-state index contributed by atoms with van der Waals surface area (Å²) in [4.78, 5) is 4.25. The van der Waals surface area contributed by atoms with Crippen molar-refractivity contribution in [3.8, 4) is 11.5 Å². The summed E-state index contributed by atoms with van der Waals surface area (Å²) in [6.07, 6.45) is 1.75. The Hall–Kier alpha value is -1.75. The van der Waals surface area contributed by atoms with Crippen LogP contribution in [-0.4, -0.2) is 17.2 Å². The Kier molecular flexibility index (Phi) is 4.49. The number of ether oxygens (including phenoxy) is 1. The number of aryl methyl sites for hydroxylation is 1. The SMILES string of the molecule is COc1ccc(O)c(C(C)Nc2cnc(Br)c(C)c2)c1. The molecule has 0 bridgehead atoms. The van der Waals surface area contributed by atoms with Gasteiger partial charge in [-0.25, -0.2) is 4.98 Å². The summed E-state index contributed by atoms with van der Waals surface area (Å²) in [5.41, 5.74) is 2.74. The Morgan fingerprint density at radius 1 is 1.35 bits per heavy atom. The van der Waals surface area contributed by atoms with Crippen molar-refractivity contribution in [3.05, 3.63) is 46.2 Å². The van der Waals surface area contributed by atoms with Crippen molar-refractivity contribution >= 4 is 21.6 Å². The van der Waals surface area contributed by atoms with Gasteiger partial charge in [0.25, 0.3) is 0 Å². The van der Waals surface area contributed by atoms with Crippen molar-refractivity contribution in [2.24, 2.45) is 0 Å². The van der Waals surface area contributed by atoms with Crippen LogP contribution in [0.3, 0.4) is 0 Å². The van der Waals surface area contributed by atoms with E-state index in [0.717, 1.165) is 27.2 Å². The summed E-state index contributed by atoms with van der Waals surface area (Å²) in [6, 6.07) is 7.14. The molecule has 0 aliphatic carbocycles. The standard InChI is InChI=1S/C15H17BrN2O2/c1-9-6-11(8-17-15(9)16)18-10(2)13-7-12(20-3)4-5-14(13)19/h4-8,10,18-19H,1-3H3. The van der Waals surface area contributed by atoms with E-state index in [1.54, 1.807) is 25.4 Å². The molecule has 2 N–H and O–H groups in total. The van der Waals surface area contributed by atoms with E-state index in [2.05, 4.69) is 26.2 Å². The van der Waals surface area contributed by atoms with Crippen LogP contribution in [-0.2, 0) is 0 Å². The summed E-state index contributed by atoms with van der Waals surface area (Å²) in [7, 11) is 1.61. The van der Waals surface area contributed by atoms with Gasteiger partial charge in [-0.1, -0.05) is 0 Å². The molecule has 0 fully saturated rings. The quantitative estimate of drug-likeness (QED) is 0.827. The van der Waals surface area contributed by atoms with Gasteiger partial charge in [0.05, 0.1) is 25.0 Å². The number of anilines is 1. The fourth-order valence-corrected chi connectivity index (χ4v) is 2.19. The molecule has 1 aromatic heterocycles. The fourth-order valence-electron chi connectivity index (χ4n) is 1.97. The molecule has 0 aliphatic rings. The smallest absolute Gasteiger partial charge is 0.121 e. The molecule has 0 amide bonds. The minimum Gasteiger partial charge on any atom is -0.508 e. The Balaban J connectivity index is 2.23. The highest BCUT2D eigenvalue weighted by Gasteiger charge is 2.12. The molecule has 5 heteroatoms. The van der Waals surface area contributed by atoms with Crippen molar-refractivity contribution < 1.29 is 9.84 Å². The molecule has 1 aromatic carbocycles. The fraction of sp³-hybridized carbons (Fsp3) is 0.267. The largest absolute Gasteiger partial charge is 0.508 e. The molecule has 1 unspecified atom stereocenters. The van der Waals surface area contributed by atoms with Gasteiger partial charge in [-0.05, 0) is 59.6 Å². The lowest BCUT2D eigenvalue weighted by Crippen LogP contribution is -2.07. The van der Waals surface area contributed by atoms with Gasteiger partial charge in [0.15, 0.2) is 0 Å². The lowest BCUT2D eigenvalue weighted by atomic mass is 10.1. The molecule has 2 aromatic rings. The number of hydrogen-bond acceptors (Lipinski definition) is 4. The first kappa shape index (κ1) is 14.7. The molecule has 2 rings (SSSR count). The third-order valence-corrected chi connectivity index (χ3v) is 3.93. The second-order valence-corrected chi connectivity index (χ2v) is 5.37. The average Bonchev–Trinajstić information content (AvgIpc) is 2.43. The summed E-state index contributed by atoms with van der Waals surface area (Å²) in [5, 5.41) is 13.3. The molecule has 0 spiro atoms. The molecule has 4 nitrogen and oxygen atoms in total. The second kappa shape index (κ2) is 6.13. The van der Waals surface area contributed by atoms with Gasteiger partial charge < -0.3 is 15.2 Å². The predicted octanol–water partition coefficient (Wildman–Crippen LogP) is 4.04. The Morgan fingerprint density at radius 3 is 2.75 bits per heavy atom. The Bertz CT molecular complexity index is 617. The summed E-state index contributed by atoms with van der Waals surface area (Å²) in [6.45, 7) is 3.96. The van der Waals surface area contributed by atoms with Crippen LogP contribution in [0.1, 0.15) is 24.1 Å². The summed E-state index contributed by atoms with van der Waals surface area (Å²) < 4.78 is 6.02. The molecule has 1 heterocycles. The second-order valence-electron chi connectivity index (χ2n) is 4.62. The Morgan fingerprint density at radius 2 is 2.10 bits per heavy atom. The van der Waals surface area contributed by atoms with Crippen LogP contribution in [0.2, 0.25) is 0 Å². The van der Waals surface area contributed by atoms with Gasteiger partial charge in [0, 0.05) is 5.56 Å². The van der Waals surface area contributed by atoms with Crippen molar-refractivity contribution in [1.82, 2.24) is 4.98 Å². The Labute approximate surface area is 126 Å². The average molecular weight is 337 g/mol. The van der Waals surface area contributed by atoms with E-state index >= 15 is 0 Å². The summed E-state index contributed by atoms with van der Waals surface area (Å²) >= 11 is 3.38. The minimum atomic E-state index is -0.0625. The van der Waals surface area contributed by atoms with Gasteiger partial charge in [-0.3, -0.25) is 0 Å². The van der Waals surface area contributed by atoms with E-state index in [1.807, 2.05) is 26.0 Å². The topological polar surface area (TPSA) is 54.4 Å². The van der Waals surface area contributed by atoms with Crippen LogP contribution < -0.4 is 10.1 Å². The maximum absolute atomic E-state index is 9.96. The van der Waals surface area contributed by atoms with Gasteiger partial charge in [0.1, 0.15) is 16.1 Å². The van der Waals surface area contributed by atoms with Crippen molar-refractivity contribution in [2.45, 2.75) is 19.9 Å². The van der Waals surface area contributed by atoms with E-state index < -0.39 is 0 Å². The van der Waals surface area contributed by atoms with Crippen LogP contribution in [0.15, 0.2) is 35.1 Å². The van der Waals surface area contributed by atoms with Gasteiger partial charge in [0.2, 0.25) is 0 Å². The number of phenolic OH excluding ortho intramolecular Hbond substituents is 1.